The first-order valence-corrected chi connectivity index (χ1v) is 5.21. The molecule has 14 heavy (non-hydrogen) atoms. The van der Waals surface area contributed by atoms with Gasteiger partial charge in [-0.1, -0.05) is 17.7 Å². The van der Waals surface area contributed by atoms with Gasteiger partial charge in [0, 0.05) is 10.6 Å². The molecule has 2 nitrogen and oxygen atoms in total. The lowest BCUT2D eigenvalue weighted by atomic mass is 10.1. The van der Waals surface area contributed by atoms with E-state index in [1.165, 1.54) is 11.3 Å². The van der Waals surface area contributed by atoms with Crippen molar-refractivity contribution in [2.24, 2.45) is 0 Å². The molecule has 0 atom stereocenters. The number of nitrogen functional groups attached to an aromatic ring is 1. The lowest BCUT2D eigenvalue weighted by molar-refractivity contribution is 0.478. The van der Waals surface area contributed by atoms with Crippen LogP contribution < -0.4 is 5.73 Å². The molecule has 0 unspecified atom stereocenters. The number of benzene rings is 1. The van der Waals surface area contributed by atoms with Crippen LogP contribution in [0.5, 0.6) is 5.75 Å². The van der Waals surface area contributed by atoms with Gasteiger partial charge in [0.25, 0.3) is 0 Å². The maximum atomic E-state index is 9.64. The van der Waals surface area contributed by atoms with Crippen LogP contribution in [-0.4, -0.2) is 5.11 Å². The first-order valence-electron chi connectivity index (χ1n) is 4.01. The minimum absolute atomic E-state index is 0.184. The van der Waals surface area contributed by atoms with E-state index in [0.29, 0.717) is 15.6 Å². The zero-order valence-electron chi connectivity index (χ0n) is 7.20. The van der Waals surface area contributed by atoms with Crippen LogP contribution in [0.1, 0.15) is 0 Å². The number of hydrogen-bond donors (Lipinski definition) is 2. The van der Waals surface area contributed by atoms with E-state index in [4.69, 9.17) is 17.3 Å². The molecule has 72 valence electrons. The summed E-state index contributed by atoms with van der Waals surface area (Å²) in [6.07, 6.45) is 0. The van der Waals surface area contributed by atoms with Gasteiger partial charge in [0.05, 0.1) is 9.90 Å². The van der Waals surface area contributed by atoms with Crippen LogP contribution in [0.3, 0.4) is 0 Å². The summed E-state index contributed by atoms with van der Waals surface area (Å²) in [6, 6.07) is 8.71. The normalized spacial score (nSPS) is 10.4. The van der Waals surface area contributed by atoms with E-state index in [-0.39, 0.29) is 5.75 Å². The molecule has 0 saturated carbocycles. The second kappa shape index (κ2) is 3.52. The molecule has 0 spiro atoms. The monoisotopic (exact) mass is 225 g/mol. The zero-order valence-corrected chi connectivity index (χ0v) is 8.77. The SMILES string of the molecule is Nc1cccc(O)c1-c1ccc(Cl)s1. The second-order valence-corrected chi connectivity index (χ2v) is 4.56. The minimum Gasteiger partial charge on any atom is -0.507 e. The molecule has 1 heterocycles. The van der Waals surface area contributed by atoms with Gasteiger partial charge < -0.3 is 10.8 Å². The summed E-state index contributed by atoms with van der Waals surface area (Å²) in [5.41, 5.74) is 6.98. The maximum Gasteiger partial charge on any atom is 0.126 e. The van der Waals surface area contributed by atoms with E-state index in [1.54, 1.807) is 24.3 Å². The van der Waals surface area contributed by atoms with E-state index in [1.807, 2.05) is 6.07 Å². The third-order valence-corrected chi connectivity index (χ3v) is 3.14. The lowest BCUT2D eigenvalue weighted by Gasteiger charge is -2.04. The number of hydrogen-bond acceptors (Lipinski definition) is 3. The number of halogens is 1. The van der Waals surface area contributed by atoms with Gasteiger partial charge in [-0.05, 0) is 24.3 Å². The summed E-state index contributed by atoms with van der Waals surface area (Å²) in [5, 5.41) is 9.64. The Labute approximate surface area is 90.6 Å². The van der Waals surface area contributed by atoms with Crippen LogP contribution in [0.4, 0.5) is 5.69 Å². The van der Waals surface area contributed by atoms with Gasteiger partial charge in [-0.25, -0.2) is 0 Å². The molecule has 0 fully saturated rings. The Morgan fingerprint density at radius 2 is 2.00 bits per heavy atom. The van der Waals surface area contributed by atoms with Crippen molar-refractivity contribution < 1.29 is 5.11 Å². The Balaban J connectivity index is 2.61. The average molecular weight is 226 g/mol. The van der Waals surface area contributed by atoms with Crippen LogP contribution in [0.2, 0.25) is 4.34 Å². The Hall–Kier alpha value is -1.19. The molecule has 0 saturated heterocycles. The van der Waals surface area contributed by atoms with Crippen molar-refractivity contribution in [3.63, 3.8) is 0 Å². The van der Waals surface area contributed by atoms with E-state index in [2.05, 4.69) is 0 Å². The Morgan fingerprint density at radius 1 is 1.21 bits per heavy atom. The van der Waals surface area contributed by atoms with Gasteiger partial charge >= 0.3 is 0 Å². The number of phenols is 1. The van der Waals surface area contributed by atoms with Crippen LogP contribution in [-0.2, 0) is 0 Å². The molecule has 0 aliphatic carbocycles. The smallest absolute Gasteiger partial charge is 0.126 e. The first kappa shape index (κ1) is 9.37. The first-order chi connectivity index (χ1) is 6.68. The predicted octanol–water partition coefficient (Wildman–Crippen LogP) is 3.36. The van der Waals surface area contributed by atoms with E-state index >= 15 is 0 Å². The van der Waals surface area contributed by atoms with Gasteiger partial charge in [0.1, 0.15) is 5.75 Å². The summed E-state index contributed by atoms with van der Waals surface area (Å²) in [4.78, 5) is 0.880. The van der Waals surface area contributed by atoms with Crippen LogP contribution in [0.15, 0.2) is 30.3 Å². The summed E-state index contributed by atoms with van der Waals surface area (Å²) < 4.78 is 0.683. The van der Waals surface area contributed by atoms with Gasteiger partial charge in [-0.15, -0.1) is 11.3 Å². The molecule has 3 N–H and O–H groups in total. The maximum absolute atomic E-state index is 9.64. The molecule has 4 heteroatoms. The van der Waals surface area contributed by atoms with Crippen molar-refractivity contribution in [3.05, 3.63) is 34.7 Å². The van der Waals surface area contributed by atoms with Crippen LogP contribution in [0.25, 0.3) is 10.4 Å². The van der Waals surface area contributed by atoms with E-state index < -0.39 is 0 Å². The Bertz CT molecular complexity index is 447. The molecule has 0 aliphatic heterocycles. The molecular formula is C10H8ClNOS. The lowest BCUT2D eigenvalue weighted by Crippen LogP contribution is -1.88. The fraction of sp³-hybridized carbons (Fsp3) is 0. The van der Waals surface area contributed by atoms with Crippen molar-refractivity contribution in [1.29, 1.82) is 0 Å². The molecule has 1 aromatic heterocycles. The van der Waals surface area contributed by atoms with E-state index in [9.17, 15) is 5.11 Å². The van der Waals surface area contributed by atoms with Crippen LogP contribution >= 0.6 is 22.9 Å². The van der Waals surface area contributed by atoms with Gasteiger partial charge in [-0.2, -0.15) is 0 Å². The van der Waals surface area contributed by atoms with Crippen LogP contribution in [0, 0.1) is 0 Å². The zero-order chi connectivity index (χ0) is 10.1. The number of rotatable bonds is 1. The number of phenolic OH excluding ortho intramolecular Hbond substituents is 1. The number of anilines is 1. The third-order valence-electron chi connectivity index (χ3n) is 1.89. The number of thiophene rings is 1. The van der Waals surface area contributed by atoms with Gasteiger partial charge in [-0.3, -0.25) is 0 Å². The topological polar surface area (TPSA) is 46.2 Å². The van der Waals surface area contributed by atoms with Crippen molar-refractivity contribution in [2.45, 2.75) is 0 Å². The second-order valence-electron chi connectivity index (χ2n) is 2.85. The fourth-order valence-corrected chi connectivity index (χ4v) is 2.39. The fourth-order valence-electron chi connectivity index (χ4n) is 1.27. The molecule has 0 amide bonds. The Kier molecular flexibility index (Phi) is 2.35. The highest BCUT2D eigenvalue weighted by molar-refractivity contribution is 7.19. The summed E-state index contributed by atoms with van der Waals surface area (Å²) >= 11 is 7.21. The minimum atomic E-state index is 0.184. The highest BCUT2D eigenvalue weighted by Gasteiger charge is 2.09. The summed E-state index contributed by atoms with van der Waals surface area (Å²) in [6.45, 7) is 0. The Morgan fingerprint density at radius 3 is 2.57 bits per heavy atom. The molecule has 1 aromatic carbocycles. The molecule has 2 aromatic rings. The predicted molar refractivity (Wildman–Crippen MR) is 60.8 cm³/mol. The van der Waals surface area contributed by atoms with Gasteiger partial charge in [0.2, 0.25) is 0 Å². The number of aromatic hydroxyl groups is 1. The highest BCUT2D eigenvalue weighted by atomic mass is 35.5. The number of nitrogens with two attached hydrogens (primary N) is 1. The van der Waals surface area contributed by atoms with E-state index in [0.717, 1.165) is 4.88 Å². The average Bonchev–Trinajstić information content (AvgIpc) is 2.51. The van der Waals surface area contributed by atoms with Crippen molar-refractivity contribution in [2.75, 3.05) is 5.73 Å². The molecule has 0 radical (unpaired) electrons. The standard InChI is InChI=1S/C10H8ClNOS/c11-9-5-4-8(14-9)10-6(12)2-1-3-7(10)13/h1-5,13H,12H2. The largest absolute Gasteiger partial charge is 0.507 e. The summed E-state index contributed by atoms with van der Waals surface area (Å²) in [5.74, 6) is 0.184. The third kappa shape index (κ3) is 1.56. The molecule has 0 aliphatic rings. The van der Waals surface area contributed by atoms with Crippen molar-refractivity contribution in [1.82, 2.24) is 0 Å². The molecular weight excluding hydrogens is 218 g/mol. The van der Waals surface area contributed by atoms with Gasteiger partial charge in [0.15, 0.2) is 0 Å². The molecule has 0 bridgehead atoms. The van der Waals surface area contributed by atoms with Crippen molar-refractivity contribution in [3.8, 4) is 16.2 Å². The highest BCUT2D eigenvalue weighted by Crippen LogP contribution is 2.39. The van der Waals surface area contributed by atoms with Crippen molar-refractivity contribution >= 4 is 28.6 Å². The summed E-state index contributed by atoms with van der Waals surface area (Å²) in [7, 11) is 0. The molecule has 2 rings (SSSR count). The quantitative estimate of drug-likeness (QED) is 0.731.